The first-order valence-electron chi connectivity index (χ1n) is 5.72. The first-order valence-corrected chi connectivity index (χ1v) is 5.72. The van der Waals surface area contributed by atoms with E-state index < -0.39 is 11.7 Å². The number of para-hydroxylation sites is 1. The van der Waals surface area contributed by atoms with Gasteiger partial charge in [-0.2, -0.15) is 0 Å². The third-order valence-electron chi connectivity index (χ3n) is 2.39. The molecule has 4 heteroatoms. The topological polar surface area (TPSA) is 48.3 Å². The Kier molecular flexibility index (Phi) is 2.95. The zero-order chi connectivity index (χ0) is 13.3. The van der Waals surface area contributed by atoms with Crippen LogP contribution in [-0.2, 0) is 4.74 Å². The number of pyridine rings is 1. The molecule has 1 heterocycles. The molecule has 0 fully saturated rings. The van der Waals surface area contributed by atoms with Gasteiger partial charge in [-0.05, 0) is 32.9 Å². The monoisotopic (exact) mass is 245 g/mol. The average Bonchev–Trinajstić information content (AvgIpc) is 2.27. The number of rotatable bonds is 0. The number of nitrogens with zero attached hydrogens (tertiary/aromatic N) is 1. The molecule has 0 radical (unpaired) electrons. The van der Waals surface area contributed by atoms with E-state index >= 15 is 0 Å². The first kappa shape index (κ1) is 12.4. The number of aromatic nitrogens is 1. The SMILES string of the molecule is CC(C)(C)OC(=O)n1ccc(=O)c2ccccc21. The molecule has 0 saturated heterocycles. The minimum Gasteiger partial charge on any atom is -0.443 e. The van der Waals surface area contributed by atoms with Crippen molar-refractivity contribution in [2.75, 3.05) is 0 Å². The smallest absolute Gasteiger partial charge is 0.418 e. The van der Waals surface area contributed by atoms with Crippen LogP contribution in [0.4, 0.5) is 4.79 Å². The lowest BCUT2D eigenvalue weighted by Crippen LogP contribution is -2.28. The highest BCUT2D eigenvalue weighted by Gasteiger charge is 2.18. The number of fused-ring (bicyclic) bond motifs is 1. The summed E-state index contributed by atoms with van der Waals surface area (Å²) in [6, 6.07) is 8.33. The van der Waals surface area contributed by atoms with Crippen molar-refractivity contribution in [3.63, 3.8) is 0 Å². The van der Waals surface area contributed by atoms with Gasteiger partial charge in [-0.3, -0.25) is 9.36 Å². The molecule has 0 aliphatic carbocycles. The predicted octanol–water partition coefficient (Wildman–Crippen LogP) is 2.78. The van der Waals surface area contributed by atoms with E-state index in [0.29, 0.717) is 10.9 Å². The van der Waals surface area contributed by atoms with Gasteiger partial charge in [-0.1, -0.05) is 12.1 Å². The van der Waals surface area contributed by atoms with Crippen LogP contribution >= 0.6 is 0 Å². The zero-order valence-electron chi connectivity index (χ0n) is 10.6. The molecule has 0 spiro atoms. The van der Waals surface area contributed by atoms with Gasteiger partial charge < -0.3 is 4.74 Å². The maximum Gasteiger partial charge on any atom is 0.418 e. The molecule has 1 aromatic carbocycles. The van der Waals surface area contributed by atoms with Crippen LogP contribution in [0.1, 0.15) is 20.8 Å². The fourth-order valence-electron chi connectivity index (χ4n) is 1.67. The lowest BCUT2D eigenvalue weighted by atomic mass is 10.2. The summed E-state index contributed by atoms with van der Waals surface area (Å²) in [5.41, 5.74) is -0.119. The molecular formula is C14H15NO3. The summed E-state index contributed by atoms with van der Waals surface area (Å²) < 4.78 is 6.64. The van der Waals surface area contributed by atoms with E-state index in [2.05, 4.69) is 0 Å². The third kappa shape index (κ3) is 2.42. The molecule has 0 saturated carbocycles. The standard InChI is InChI=1S/C14H15NO3/c1-14(2,3)18-13(17)15-9-8-12(16)10-6-4-5-7-11(10)15/h4-9H,1-3H3. The van der Waals surface area contributed by atoms with E-state index in [1.165, 1.54) is 16.8 Å². The molecule has 2 rings (SSSR count). The predicted molar refractivity (Wildman–Crippen MR) is 69.8 cm³/mol. The van der Waals surface area contributed by atoms with Crippen molar-refractivity contribution in [1.29, 1.82) is 0 Å². The van der Waals surface area contributed by atoms with Gasteiger partial charge in [0.15, 0.2) is 5.43 Å². The summed E-state index contributed by atoms with van der Waals surface area (Å²) in [4.78, 5) is 23.7. The lowest BCUT2D eigenvalue weighted by Gasteiger charge is -2.20. The number of carbonyl (C=O) groups is 1. The summed E-state index contributed by atoms with van der Waals surface area (Å²) in [5.74, 6) is 0. The summed E-state index contributed by atoms with van der Waals surface area (Å²) in [5, 5.41) is 0.505. The van der Waals surface area contributed by atoms with E-state index in [-0.39, 0.29) is 5.43 Å². The Morgan fingerprint density at radius 2 is 1.83 bits per heavy atom. The molecule has 0 atom stereocenters. The van der Waals surface area contributed by atoms with Crippen molar-refractivity contribution in [3.8, 4) is 0 Å². The van der Waals surface area contributed by atoms with Gasteiger partial charge in [-0.25, -0.2) is 4.79 Å². The van der Waals surface area contributed by atoms with Crippen molar-refractivity contribution in [2.24, 2.45) is 0 Å². The summed E-state index contributed by atoms with van der Waals surface area (Å²) in [6.07, 6.45) is 0.956. The van der Waals surface area contributed by atoms with Gasteiger partial charge in [0.2, 0.25) is 0 Å². The van der Waals surface area contributed by atoms with E-state index in [4.69, 9.17) is 4.74 Å². The molecule has 2 aromatic rings. The minimum atomic E-state index is -0.568. The van der Waals surface area contributed by atoms with Crippen LogP contribution in [0.2, 0.25) is 0 Å². The maximum atomic E-state index is 12.0. The van der Waals surface area contributed by atoms with Crippen LogP contribution in [0.25, 0.3) is 10.9 Å². The van der Waals surface area contributed by atoms with Gasteiger partial charge in [0.1, 0.15) is 5.60 Å². The van der Waals surface area contributed by atoms with Crippen molar-refractivity contribution in [2.45, 2.75) is 26.4 Å². The molecular weight excluding hydrogens is 230 g/mol. The van der Waals surface area contributed by atoms with Crippen molar-refractivity contribution in [3.05, 3.63) is 46.8 Å². The van der Waals surface area contributed by atoms with Gasteiger partial charge in [-0.15, -0.1) is 0 Å². The molecule has 18 heavy (non-hydrogen) atoms. The molecule has 94 valence electrons. The maximum absolute atomic E-state index is 12.0. The molecule has 0 N–H and O–H groups in total. The van der Waals surface area contributed by atoms with E-state index in [9.17, 15) is 9.59 Å². The normalized spacial score (nSPS) is 11.5. The number of carbonyl (C=O) groups excluding carboxylic acids is 1. The molecule has 0 amide bonds. The van der Waals surface area contributed by atoms with Crippen molar-refractivity contribution in [1.82, 2.24) is 4.57 Å². The van der Waals surface area contributed by atoms with Gasteiger partial charge in [0, 0.05) is 17.6 Å². The Morgan fingerprint density at radius 3 is 2.50 bits per heavy atom. The van der Waals surface area contributed by atoms with Gasteiger partial charge in [0.25, 0.3) is 0 Å². The molecule has 1 aromatic heterocycles. The highest BCUT2D eigenvalue weighted by Crippen LogP contribution is 2.13. The highest BCUT2D eigenvalue weighted by atomic mass is 16.6. The van der Waals surface area contributed by atoms with Crippen LogP contribution in [0.5, 0.6) is 0 Å². The highest BCUT2D eigenvalue weighted by molar-refractivity contribution is 5.87. The van der Waals surface area contributed by atoms with Crippen LogP contribution in [0.15, 0.2) is 41.3 Å². The summed E-state index contributed by atoms with van der Waals surface area (Å²) in [7, 11) is 0. The largest absolute Gasteiger partial charge is 0.443 e. The first-order chi connectivity index (χ1) is 8.38. The Balaban J connectivity index is 2.56. The number of hydrogen-bond donors (Lipinski definition) is 0. The van der Waals surface area contributed by atoms with Crippen LogP contribution in [-0.4, -0.2) is 16.3 Å². The summed E-state index contributed by atoms with van der Waals surface area (Å²) >= 11 is 0. The Labute approximate surface area is 105 Å². The molecule has 0 aliphatic rings. The lowest BCUT2D eigenvalue weighted by molar-refractivity contribution is 0.0543. The third-order valence-corrected chi connectivity index (χ3v) is 2.39. The van der Waals surface area contributed by atoms with Crippen LogP contribution in [0, 0.1) is 0 Å². The second kappa shape index (κ2) is 4.29. The molecule has 0 unspecified atom stereocenters. The van der Waals surface area contributed by atoms with Gasteiger partial charge in [0.05, 0.1) is 5.52 Å². The fraction of sp³-hybridized carbons (Fsp3) is 0.286. The minimum absolute atomic E-state index is 0.106. The van der Waals surface area contributed by atoms with E-state index in [1.54, 1.807) is 45.0 Å². The molecule has 4 nitrogen and oxygen atoms in total. The number of ether oxygens (including phenoxy) is 1. The summed E-state index contributed by atoms with van der Waals surface area (Å²) in [6.45, 7) is 5.40. The Morgan fingerprint density at radius 1 is 1.17 bits per heavy atom. The second-order valence-electron chi connectivity index (χ2n) is 5.05. The van der Waals surface area contributed by atoms with Crippen LogP contribution < -0.4 is 5.43 Å². The molecule has 0 bridgehead atoms. The zero-order valence-corrected chi connectivity index (χ0v) is 10.6. The van der Waals surface area contributed by atoms with E-state index in [0.717, 1.165) is 0 Å². The van der Waals surface area contributed by atoms with Crippen molar-refractivity contribution < 1.29 is 9.53 Å². The average molecular weight is 245 g/mol. The second-order valence-corrected chi connectivity index (χ2v) is 5.05. The van der Waals surface area contributed by atoms with E-state index in [1.807, 2.05) is 0 Å². The number of hydrogen-bond acceptors (Lipinski definition) is 3. The Hall–Kier alpha value is -2.10. The van der Waals surface area contributed by atoms with Crippen LogP contribution in [0.3, 0.4) is 0 Å². The van der Waals surface area contributed by atoms with Gasteiger partial charge >= 0.3 is 6.09 Å². The fourth-order valence-corrected chi connectivity index (χ4v) is 1.67. The Bertz CT molecular complexity index is 650. The molecule has 0 aliphatic heterocycles. The quantitative estimate of drug-likeness (QED) is 0.717. The number of benzene rings is 1. The van der Waals surface area contributed by atoms with Crippen molar-refractivity contribution >= 4 is 17.0 Å².